The van der Waals surface area contributed by atoms with Crippen molar-refractivity contribution in [2.24, 2.45) is 5.92 Å². The third-order valence-corrected chi connectivity index (χ3v) is 3.13. The molecule has 0 spiro atoms. The quantitative estimate of drug-likeness (QED) is 0.705. The van der Waals surface area contributed by atoms with Crippen LogP contribution in [0.1, 0.15) is 32.3 Å². The Bertz CT molecular complexity index is 484. The van der Waals surface area contributed by atoms with Gasteiger partial charge in [0.1, 0.15) is 0 Å². The Morgan fingerprint density at radius 3 is 2.76 bits per heavy atom. The van der Waals surface area contributed by atoms with Crippen LogP contribution in [0.3, 0.4) is 0 Å². The molecule has 21 heavy (non-hydrogen) atoms. The van der Waals surface area contributed by atoms with Gasteiger partial charge in [-0.05, 0) is 36.6 Å². The van der Waals surface area contributed by atoms with Crippen molar-refractivity contribution in [2.75, 3.05) is 20.3 Å². The maximum absolute atomic E-state index is 8.51. The van der Waals surface area contributed by atoms with Crippen molar-refractivity contribution < 1.29 is 9.47 Å². The summed E-state index contributed by atoms with van der Waals surface area (Å²) in [5, 5.41) is 12.4. The SMILES string of the molecule is COc1cc(CNCC(C)C)cc(Cl)c1OCCCC#N. The van der Waals surface area contributed by atoms with Crippen LogP contribution in [0.4, 0.5) is 0 Å². The van der Waals surface area contributed by atoms with Crippen molar-refractivity contribution >= 4 is 11.6 Å². The van der Waals surface area contributed by atoms with E-state index in [-0.39, 0.29) is 0 Å². The van der Waals surface area contributed by atoms with Crippen LogP contribution in [0.25, 0.3) is 0 Å². The number of hydrogen-bond acceptors (Lipinski definition) is 4. The third-order valence-electron chi connectivity index (χ3n) is 2.85. The number of halogens is 1. The lowest BCUT2D eigenvalue weighted by molar-refractivity contribution is 0.290. The zero-order valence-electron chi connectivity index (χ0n) is 12.9. The molecule has 5 heteroatoms. The van der Waals surface area contributed by atoms with Crippen LogP contribution >= 0.6 is 11.6 Å². The molecule has 0 aliphatic heterocycles. The second-order valence-electron chi connectivity index (χ2n) is 5.24. The number of nitrogens with one attached hydrogen (secondary N) is 1. The number of ether oxygens (including phenoxy) is 2. The van der Waals surface area contributed by atoms with E-state index in [1.165, 1.54) is 0 Å². The average Bonchev–Trinajstić information content (AvgIpc) is 2.44. The van der Waals surface area contributed by atoms with E-state index in [1.807, 2.05) is 12.1 Å². The molecule has 0 radical (unpaired) electrons. The number of methoxy groups -OCH3 is 1. The highest BCUT2D eigenvalue weighted by atomic mass is 35.5. The van der Waals surface area contributed by atoms with Crippen molar-refractivity contribution in [3.63, 3.8) is 0 Å². The molecule has 0 atom stereocenters. The Morgan fingerprint density at radius 1 is 1.38 bits per heavy atom. The van der Waals surface area contributed by atoms with E-state index < -0.39 is 0 Å². The summed E-state index contributed by atoms with van der Waals surface area (Å²) in [6.07, 6.45) is 1.14. The zero-order chi connectivity index (χ0) is 15.7. The van der Waals surface area contributed by atoms with Gasteiger partial charge in [-0.3, -0.25) is 0 Å². The Balaban J connectivity index is 2.70. The van der Waals surface area contributed by atoms with E-state index in [0.717, 1.165) is 18.7 Å². The van der Waals surface area contributed by atoms with E-state index in [1.54, 1.807) is 7.11 Å². The van der Waals surface area contributed by atoms with Crippen LogP contribution in [0.5, 0.6) is 11.5 Å². The van der Waals surface area contributed by atoms with Crippen molar-refractivity contribution in [2.45, 2.75) is 33.2 Å². The fourth-order valence-corrected chi connectivity index (χ4v) is 2.13. The smallest absolute Gasteiger partial charge is 0.179 e. The summed E-state index contributed by atoms with van der Waals surface area (Å²) in [6, 6.07) is 5.90. The number of hydrogen-bond donors (Lipinski definition) is 1. The molecule has 0 heterocycles. The normalized spacial score (nSPS) is 10.5. The summed E-state index contributed by atoms with van der Waals surface area (Å²) >= 11 is 6.27. The van der Waals surface area contributed by atoms with Crippen molar-refractivity contribution in [3.05, 3.63) is 22.7 Å². The molecule has 0 aromatic heterocycles. The van der Waals surface area contributed by atoms with Gasteiger partial charge < -0.3 is 14.8 Å². The summed E-state index contributed by atoms with van der Waals surface area (Å²) in [4.78, 5) is 0. The van der Waals surface area contributed by atoms with Crippen molar-refractivity contribution in [1.82, 2.24) is 5.32 Å². The van der Waals surface area contributed by atoms with Crippen LogP contribution in [-0.2, 0) is 6.54 Å². The lowest BCUT2D eigenvalue weighted by Gasteiger charge is -2.14. The molecule has 4 nitrogen and oxygen atoms in total. The molecule has 0 aliphatic carbocycles. The molecule has 0 aliphatic rings. The Kier molecular flexibility index (Phi) is 7.96. The summed E-state index contributed by atoms with van der Waals surface area (Å²) in [5.74, 6) is 1.77. The Morgan fingerprint density at radius 2 is 2.14 bits per heavy atom. The third kappa shape index (κ3) is 6.24. The summed E-state index contributed by atoms with van der Waals surface area (Å²) < 4.78 is 11.0. The number of nitrogens with zero attached hydrogens (tertiary/aromatic N) is 1. The molecule has 0 unspecified atom stereocenters. The molecule has 116 valence electrons. The standard InChI is InChI=1S/C16H23ClN2O2/c1-12(2)10-19-11-13-8-14(17)16(15(9-13)20-3)21-7-5-4-6-18/h8-9,12,19H,4-5,7,10-11H2,1-3H3. The largest absolute Gasteiger partial charge is 0.493 e. The van der Waals surface area contributed by atoms with Crippen LogP contribution in [0.2, 0.25) is 5.02 Å². The molecule has 0 saturated heterocycles. The first-order chi connectivity index (χ1) is 10.1. The Labute approximate surface area is 132 Å². The van der Waals surface area contributed by atoms with Gasteiger partial charge in [-0.2, -0.15) is 5.26 Å². The highest BCUT2D eigenvalue weighted by Gasteiger charge is 2.12. The fourth-order valence-electron chi connectivity index (χ4n) is 1.85. The molecule has 0 fully saturated rings. The van der Waals surface area contributed by atoms with Crippen molar-refractivity contribution in [1.29, 1.82) is 5.26 Å². The number of benzene rings is 1. The summed E-state index contributed by atoms with van der Waals surface area (Å²) in [5.41, 5.74) is 1.06. The fraction of sp³-hybridized carbons (Fsp3) is 0.562. The number of nitriles is 1. The molecule has 1 aromatic carbocycles. The molecular weight excluding hydrogens is 288 g/mol. The summed E-state index contributed by atoms with van der Waals surface area (Å²) in [7, 11) is 1.60. The average molecular weight is 311 g/mol. The van der Waals surface area contributed by atoms with Gasteiger partial charge in [0.15, 0.2) is 11.5 Å². The lowest BCUT2D eigenvalue weighted by atomic mass is 10.1. The first kappa shape index (κ1) is 17.6. The molecule has 0 bridgehead atoms. The monoisotopic (exact) mass is 310 g/mol. The zero-order valence-corrected chi connectivity index (χ0v) is 13.7. The van der Waals surface area contributed by atoms with Gasteiger partial charge in [-0.25, -0.2) is 0 Å². The van der Waals surface area contributed by atoms with Gasteiger partial charge >= 0.3 is 0 Å². The molecule has 1 rings (SSSR count). The predicted molar refractivity (Wildman–Crippen MR) is 84.9 cm³/mol. The minimum atomic E-state index is 0.453. The van der Waals surface area contributed by atoms with Gasteiger partial charge in [0.2, 0.25) is 0 Å². The highest BCUT2D eigenvalue weighted by Crippen LogP contribution is 2.36. The highest BCUT2D eigenvalue weighted by molar-refractivity contribution is 6.32. The number of rotatable bonds is 9. The molecule has 1 aromatic rings. The maximum atomic E-state index is 8.51. The maximum Gasteiger partial charge on any atom is 0.179 e. The van der Waals surface area contributed by atoms with E-state index >= 15 is 0 Å². The Hall–Kier alpha value is -1.44. The number of unbranched alkanes of at least 4 members (excludes halogenated alkanes) is 1. The van der Waals surface area contributed by atoms with Gasteiger partial charge in [0.25, 0.3) is 0 Å². The van der Waals surface area contributed by atoms with E-state index in [9.17, 15) is 0 Å². The van der Waals surface area contributed by atoms with Gasteiger partial charge in [0.05, 0.1) is 24.8 Å². The molecular formula is C16H23ClN2O2. The van der Waals surface area contributed by atoms with Crippen LogP contribution in [-0.4, -0.2) is 20.3 Å². The van der Waals surface area contributed by atoms with E-state index in [4.69, 9.17) is 26.3 Å². The van der Waals surface area contributed by atoms with Crippen LogP contribution in [0, 0.1) is 17.2 Å². The van der Waals surface area contributed by atoms with Crippen molar-refractivity contribution in [3.8, 4) is 17.6 Å². The van der Waals surface area contributed by atoms with Gasteiger partial charge in [-0.1, -0.05) is 25.4 Å². The molecule has 0 amide bonds. The lowest BCUT2D eigenvalue weighted by Crippen LogP contribution is -2.19. The summed E-state index contributed by atoms with van der Waals surface area (Å²) in [6.45, 7) is 6.47. The minimum absolute atomic E-state index is 0.453. The molecule has 1 N–H and O–H groups in total. The minimum Gasteiger partial charge on any atom is -0.493 e. The predicted octanol–water partition coefficient (Wildman–Crippen LogP) is 3.78. The second-order valence-corrected chi connectivity index (χ2v) is 5.65. The molecule has 0 saturated carbocycles. The van der Waals surface area contributed by atoms with Gasteiger partial charge in [0, 0.05) is 13.0 Å². The van der Waals surface area contributed by atoms with Crippen LogP contribution in [0.15, 0.2) is 12.1 Å². The second kappa shape index (κ2) is 9.49. The first-order valence-corrected chi connectivity index (χ1v) is 7.53. The van der Waals surface area contributed by atoms with Crippen LogP contribution < -0.4 is 14.8 Å². The first-order valence-electron chi connectivity index (χ1n) is 7.15. The topological polar surface area (TPSA) is 54.3 Å². The van der Waals surface area contributed by atoms with Gasteiger partial charge in [-0.15, -0.1) is 0 Å². The van der Waals surface area contributed by atoms with E-state index in [0.29, 0.717) is 41.9 Å². The van der Waals surface area contributed by atoms with E-state index in [2.05, 4.69) is 25.2 Å².